The molecule has 2 aliphatic heterocycles. The summed E-state index contributed by atoms with van der Waals surface area (Å²) in [5.74, 6) is -0.270. The highest BCUT2D eigenvalue weighted by Crippen LogP contribution is 2.40. The molecule has 6 heteroatoms. The van der Waals surface area contributed by atoms with Crippen LogP contribution in [0.5, 0.6) is 0 Å². The second-order valence-electron chi connectivity index (χ2n) is 5.85. The number of ether oxygens (including phenoxy) is 2. The highest BCUT2D eigenvalue weighted by Gasteiger charge is 2.39. The third-order valence-corrected chi connectivity index (χ3v) is 4.44. The van der Waals surface area contributed by atoms with Crippen molar-refractivity contribution in [1.82, 2.24) is 10.6 Å². The van der Waals surface area contributed by atoms with Crippen LogP contribution in [-0.4, -0.2) is 39.8 Å². The summed E-state index contributed by atoms with van der Waals surface area (Å²) in [5.41, 5.74) is 7.87. The molecule has 1 aromatic carbocycles. The van der Waals surface area contributed by atoms with Gasteiger partial charge in [0.15, 0.2) is 0 Å². The van der Waals surface area contributed by atoms with Gasteiger partial charge in [0.2, 0.25) is 0 Å². The molecule has 1 fully saturated rings. The lowest BCUT2D eigenvalue weighted by molar-refractivity contribution is -0.0802. The zero-order valence-electron chi connectivity index (χ0n) is 14.4. The van der Waals surface area contributed by atoms with E-state index in [1.165, 1.54) is 24.4 Å². The van der Waals surface area contributed by atoms with Crippen LogP contribution in [0.1, 0.15) is 34.3 Å². The number of nitrogens with one attached hydrogen (secondary N) is 2. The number of rotatable bonds is 2. The summed E-state index contributed by atoms with van der Waals surface area (Å²) in [6, 6.07) is 5.86. The molecule has 0 saturated carbocycles. The molecule has 0 bridgehead atoms. The molecule has 132 valence electrons. The molecule has 2 aliphatic rings. The van der Waals surface area contributed by atoms with E-state index in [1.54, 1.807) is 13.2 Å². The van der Waals surface area contributed by atoms with Gasteiger partial charge in [-0.1, -0.05) is 6.07 Å². The maximum Gasteiger partial charge on any atom is 0.337 e. The molecule has 1 spiro atoms. The van der Waals surface area contributed by atoms with E-state index < -0.39 is 0 Å². The lowest BCUT2D eigenvalue weighted by Gasteiger charge is -2.42. The molecule has 2 heterocycles. The Kier molecular flexibility index (Phi) is 6.63. The first-order chi connectivity index (χ1) is 11.7. The number of hydrogen-bond acceptors (Lipinski definition) is 6. The van der Waals surface area contributed by atoms with Gasteiger partial charge in [-0.25, -0.2) is 4.79 Å². The average molecular weight is 333 g/mol. The Morgan fingerprint density at radius 1 is 1.42 bits per heavy atom. The SMILES string of the molecule is CN/C=C\N.COC(=O)c1ccc2c(c1)CCOC21CCNCC1. The molecule has 3 rings (SSSR count). The quantitative estimate of drug-likeness (QED) is 0.707. The predicted octanol–water partition coefficient (Wildman–Crippen LogP) is 1.26. The highest BCUT2D eigenvalue weighted by atomic mass is 16.5. The third-order valence-electron chi connectivity index (χ3n) is 4.44. The zero-order chi connectivity index (χ0) is 17.4. The van der Waals surface area contributed by atoms with Gasteiger partial charge in [0.25, 0.3) is 0 Å². The van der Waals surface area contributed by atoms with E-state index in [2.05, 4.69) is 10.6 Å². The number of carbonyl (C=O) groups is 1. The number of hydrogen-bond donors (Lipinski definition) is 3. The fourth-order valence-corrected chi connectivity index (χ4v) is 3.26. The Labute approximate surface area is 143 Å². The summed E-state index contributed by atoms with van der Waals surface area (Å²) in [4.78, 5) is 11.6. The second kappa shape index (κ2) is 8.70. The number of esters is 1. The van der Waals surface area contributed by atoms with Gasteiger partial charge in [0.1, 0.15) is 0 Å². The minimum atomic E-state index is -0.270. The molecule has 0 atom stereocenters. The molecule has 0 amide bonds. The van der Waals surface area contributed by atoms with Crippen molar-refractivity contribution in [3.63, 3.8) is 0 Å². The summed E-state index contributed by atoms with van der Waals surface area (Å²) >= 11 is 0. The molecule has 4 N–H and O–H groups in total. The number of piperidine rings is 1. The molecular formula is C18H27N3O3. The van der Waals surface area contributed by atoms with Crippen LogP contribution in [0.15, 0.2) is 30.6 Å². The molecule has 1 aromatic rings. The maximum atomic E-state index is 11.6. The first-order valence-corrected chi connectivity index (χ1v) is 8.27. The predicted molar refractivity (Wildman–Crippen MR) is 93.6 cm³/mol. The van der Waals surface area contributed by atoms with Crippen LogP contribution in [0.3, 0.4) is 0 Å². The minimum absolute atomic E-state index is 0.145. The summed E-state index contributed by atoms with van der Waals surface area (Å²) in [5, 5.41) is 6.08. The first-order valence-electron chi connectivity index (χ1n) is 8.27. The fraction of sp³-hybridized carbons (Fsp3) is 0.500. The van der Waals surface area contributed by atoms with Gasteiger partial charge in [-0.05, 0) is 55.6 Å². The monoisotopic (exact) mass is 333 g/mol. The van der Waals surface area contributed by atoms with Crippen LogP contribution in [0.25, 0.3) is 0 Å². The number of carbonyl (C=O) groups excluding carboxylic acids is 1. The molecule has 0 unspecified atom stereocenters. The van der Waals surface area contributed by atoms with Crippen molar-refractivity contribution in [2.24, 2.45) is 5.73 Å². The summed E-state index contributed by atoms with van der Waals surface area (Å²) in [6.07, 6.45) is 5.96. The van der Waals surface area contributed by atoms with E-state index in [0.717, 1.165) is 39.0 Å². The maximum absolute atomic E-state index is 11.6. The first kappa shape index (κ1) is 18.3. The van der Waals surface area contributed by atoms with Crippen LogP contribution >= 0.6 is 0 Å². The average Bonchev–Trinajstić information content (AvgIpc) is 2.63. The number of benzene rings is 1. The molecule has 6 nitrogen and oxygen atoms in total. The van der Waals surface area contributed by atoms with Crippen molar-refractivity contribution in [2.75, 3.05) is 33.9 Å². The van der Waals surface area contributed by atoms with Gasteiger partial charge in [-0.15, -0.1) is 0 Å². The molecule has 0 aromatic heterocycles. The smallest absolute Gasteiger partial charge is 0.337 e. The standard InChI is InChI=1S/C15H19NO3.C3H8N2/c1-18-14(17)12-2-3-13-11(10-12)4-9-19-15(13)5-7-16-8-6-15;1-5-3-2-4/h2-3,10,16H,4-9H2,1H3;2-3,5H,4H2,1H3/b;3-2-. The highest BCUT2D eigenvalue weighted by molar-refractivity contribution is 5.89. The largest absolute Gasteiger partial charge is 0.465 e. The van der Waals surface area contributed by atoms with Gasteiger partial charge in [-0.3, -0.25) is 0 Å². The van der Waals surface area contributed by atoms with Crippen LogP contribution in [0.4, 0.5) is 0 Å². The van der Waals surface area contributed by atoms with Crippen molar-refractivity contribution < 1.29 is 14.3 Å². The van der Waals surface area contributed by atoms with Crippen molar-refractivity contribution in [3.05, 3.63) is 47.3 Å². The van der Waals surface area contributed by atoms with Gasteiger partial charge in [0, 0.05) is 19.4 Å². The van der Waals surface area contributed by atoms with Crippen LogP contribution < -0.4 is 16.4 Å². The Morgan fingerprint density at radius 3 is 2.75 bits per heavy atom. The van der Waals surface area contributed by atoms with Gasteiger partial charge >= 0.3 is 5.97 Å². The van der Waals surface area contributed by atoms with Crippen molar-refractivity contribution in [1.29, 1.82) is 0 Å². The van der Waals surface area contributed by atoms with Crippen molar-refractivity contribution >= 4 is 5.97 Å². The van der Waals surface area contributed by atoms with Crippen LogP contribution in [0, 0.1) is 0 Å². The summed E-state index contributed by atoms with van der Waals surface area (Å²) in [6.45, 7) is 2.70. The van der Waals surface area contributed by atoms with Crippen molar-refractivity contribution in [2.45, 2.75) is 24.9 Å². The number of nitrogens with two attached hydrogens (primary N) is 1. The van der Waals surface area contributed by atoms with E-state index in [9.17, 15) is 4.79 Å². The van der Waals surface area contributed by atoms with E-state index >= 15 is 0 Å². The summed E-state index contributed by atoms with van der Waals surface area (Å²) < 4.78 is 10.9. The molecular weight excluding hydrogens is 306 g/mol. The molecule has 0 aliphatic carbocycles. The molecule has 0 radical (unpaired) electrons. The van der Waals surface area contributed by atoms with E-state index in [4.69, 9.17) is 15.2 Å². The third kappa shape index (κ3) is 4.07. The Hall–Kier alpha value is -2.05. The van der Waals surface area contributed by atoms with Gasteiger partial charge in [0.05, 0.1) is 24.9 Å². The number of methoxy groups -OCH3 is 1. The lowest BCUT2D eigenvalue weighted by atomic mass is 9.79. The zero-order valence-corrected chi connectivity index (χ0v) is 14.4. The lowest BCUT2D eigenvalue weighted by Crippen LogP contribution is -2.44. The molecule has 1 saturated heterocycles. The summed E-state index contributed by atoms with van der Waals surface area (Å²) in [7, 11) is 3.21. The van der Waals surface area contributed by atoms with Crippen LogP contribution in [-0.2, 0) is 21.5 Å². The van der Waals surface area contributed by atoms with Crippen molar-refractivity contribution in [3.8, 4) is 0 Å². The van der Waals surface area contributed by atoms with E-state index in [0.29, 0.717) is 5.56 Å². The second-order valence-corrected chi connectivity index (χ2v) is 5.85. The Bertz CT molecular complexity index is 581. The van der Waals surface area contributed by atoms with Gasteiger partial charge < -0.3 is 25.8 Å². The minimum Gasteiger partial charge on any atom is -0.465 e. The number of fused-ring (bicyclic) bond motifs is 2. The molecule has 24 heavy (non-hydrogen) atoms. The van der Waals surface area contributed by atoms with Crippen LogP contribution in [0.2, 0.25) is 0 Å². The fourth-order valence-electron chi connectivity index (χ4n) is 3.26. The van der Waals surface area contributed by atoms with E-state index in [1.807, 2.05) is 18.2 Å². The Balaban J connectivity index is 0.000000368. The van der Waals surface area contributed by atoms with Gasteiger partial charge in [-0.2, -0.15) is 0 Å². The topological polar surface area (TPSA) is 85.6 Å². The Morgan fingerprint density at radius 2 is 2.17 bits per heavy atom. The normalized spacial score (nSPS) is 18.4. The van der Waals surface area contributed by atoms with E-state index in [-0.39, 0.29) is 11.6 Å².